The Morgan fingerprint density at radius 3 is 2.93 bits per heavy atom. The first-order valence-electron chi connectivity index (χ1n) is 9.14. The lowest BCUT2D eigenvalue weighted by Gasteiger charge is -2.23. The van der Waals surface area contributed by atoms with E-state index < -0.39 is 10.0 Å². The number of nitrogens with one attached hydrogen (secondary N) is 2. The number of rotatable bonds is 4. The second-order valence-electron chi connectivity index (χ2n) is 6.89. The van der Waals surface area contributed by atoms with Gasteiger partial charge in [0, 0.05) is 25.0 Å². The topological polar surface area (TPSA) is 96.3 Å². The number of nitrogens with zero attached hydrogens (tertiary/aromatic N) is 3. The van der Waals surface area contributed by atoms with Crippen molar-refractivity contribution in [3.63, 3.8) is 0 Å². The van der Waals surface area contributed by atoms with Crippen LogP contribution in [0, 0.1) is 0 Å². The van der Waals surface area contributed by atoms with Crippen LogP contribution in [0.1, 0.15) is 34.9 Å². The number of anilines is 1. The predicted molar refractivity (Wildman–Crippen MR) is 101 cm³/mol. The molecule has 1 amide bonds. The monoisotopic (exact) mass is 389 g/mol. The minimum absolute atomic E-state index is 0.155. The molecule has 2 aliphatic rings. The zero-order valence-corrected chi connectivity index (χ0v) is 16.0. The van der Waals surface area contributed by atoms with E-state index in [1.807, 2.05) is 10.9 Å². The lowest BCUT2D eigenvalue weighted by Crippen LogP contribution is -2.33. The number of piperidine rings is 1. The molecule has 0 aliphatic carbocycles. The number of hydrogen-bond donors (Lipinski definition) is 2. The van der Waals surface area contributed by atoms with Gasteiger partial charge in [-0.2, -0.15) is 5.10 Å². The highest BCUT2D eigenvalue weighted by Crippen LogP contribution is 2.31. The zero-order chi connectivity index (χ0) is 19.0. The van der Waals surface area contributed by atoms with Gasteiger partial charge >= 0.3 is 0 Å². The molecule has 0 radical (unpaired) electrons. The summed E-state index contributed by atoms with van der Waals surface area (Å²) in [5, 5.41) is 7.84. The zero-order valence-electron chi connectivity index (χ0n) is 15.2. The first-order chi connectivity index (χ1) is 13.0. The van der Waals surface area contributed by atoms with Crippen molar-refractivity contribution in [1.29, 1.82) is 0 Å². The van der Waals surface area contributed by atoms with Gasteiger partial charge in [-0.1, -0.05) is 6.07 Å². The second-order valence-corrected chi connectivity index (χ2v) is 8.77. The van der Waals surface area contributed by atoms with Crippen molar-refractivity contribution in [2.75, 3.05) is 31.6 Å². The molecule has 8 nitrogen and oxygen atoms in total. The highest BCUT2D eigenvalue weighted by atomic mass is 32.2. The minimum atomic E-state index is -3.56. The van der Waals surface area contributed by atoms with Crippen LogP contribution in [0.3, 0.4) is 0 Å². The van der Waals surface area contributed by atoms with Gasteiger partial charge < -0.3 is 10.2 Å². The van der Waals surface area contributed by atoms with Crippen LogP contribution in [0.25, 0.3) is 0 Å². The summed E-state index contributed by atoms with van der Waals surface area (Å²) in [5.41, 5.74) is 2.00. The largest absolute Gasteiger partial charge is 0.315 e. The summed E-state index contributed by atoms with van der Waals surface area (Å²) in [6.07, 6.45) is 4.69. The van der Waals surface area contributed by atoms with Crippen molar-refractivity contribution in [2.24, 2.45) is 0 Å². The summed E-state index contributed by atoms with van der Waals surface area (Å²) in [7, 11) is -2.19. The molecule has 0 bridgehead atoms. The Kier molecular flexibility index (Phi) is 4.75. The maximum absolute atomic E-state index is 13.0. The van der Waals surface area contributed by atoms with Crippen LogP contribution in [-0.2, 0) is 16.4 Å². The fraction of sp³-hybridized carbons (Fsp3) is 0.444. The van der Waals surface area contributed by atoms with Crippen molar-refractivity contribution in [1.82, 2.24) is 19.8 Å². The highest BCUT2D eigenvalue weighted by molar-refractivity contribution is 7.89. The molecule has 2 N–H and O–H groups in total. The standard InChI is InChI=1S/C18H23N5O3S/c1-19-27(25,26)15-5-4-13-6-9-22(17(13)11-15)18(24)16-7-10-23(21-16)14-3-2-8-20-12-14/h4-5,7,10-11,14,19-20H,2-3,6,8-9,12H2,1H3. The SMILES string of the molecule is CNS(=O)(=O)c1ccc2c(c1)N(C(=O)c1ccn(C3CCCNC3)n1)CC2. The third-order valence-corrected chi connectivity index (χ3v) is 6.66. The normalized spacial score (nSPS) is 19.9. The van der Waals surface area contributed by atoms with Crippen LogP contribution in [0.5, 0.6) is 0 Å². The van der Waals surface area contributed by atoms with Gasteiger partial charge in [0.15, 0.2) is 5.69 Å². The van der Waals surface area contributed by atoms with E-state index in [-0.39, 0.29) is 16.8 Å². The third kappa shape index (κ3) is 3.38. The molecular weight excluding hydrogens is 366 g/mol. The molecule has 2 aliphatic heterocycles. The second kappa shape index (κ2) is 7.06. The van der Waals surface area contributed by atoms with Gasteiger partial charge in [-0.15, -0.1) is 0 Å². The number of carbonyl (C=O) groups is 1. The summed E-state index contributed by atoms with van der Waals surface area (Å²) in [6.45, 7) is 2.40. The van der Waals surface area contributed by atoms with E-state index in [9.17, 15) is 13.2 Å². The van der Waals surface area contributed by atoms with E-state index in [1.54, 1.807) is 29.2 Å². The summed E-state index contributed by atoms with van der Waals surface area (Å²) >= 11 is 0. The molecule has 9 heteroatoms. The van der Waals surface area contributed by atoms with Crippen LogP contribution in [0.15, 0.2) is 35.4 Å². The first-order valence-corrected chi connectivity index (χ1v) is 10.6. The van der Waals surface area contributed by atoms with Crippen molar-refractivity contribution in [3.05, 3.63) is 41.7 Å². The van der Waals surface area contributed by atoms with E-state index in [0.717, 1.165) is 31.5 Å². The number of fused-ring (bicyclic) bond motifs is 1. The van der Waals surface area contributed by atoms with Crippen molar-refractivity contribution < 1.29 is 13.2 Å². The number of aromatic nitrogens is 2. The fourth-order valence-electron chi connectivity index (χ4n) is 3.71. The Balaban J connectivity index is 1.60. The average Bonchev–Trinajstić information content (AvgIpc) is 3.35. The molecule has 1 saturated heterocycles. The van der Waals surface area contributed by atoms with Crippen LogP contribution in [0.4, 0.5) is 5.69 Å². The van der Waals surface area contributed by atoms with Crippen molar-refractivity contribution in [2.45, 2.75) is 30.2 Å². The fourth-order valence-corrected chi connectivity index (χ4v) is 4.46. The van der Waals surface area contributed by atoms with Crippen LogP contribution < -0.4 is 14.9 Å². The lowest BCUT2D eigenvalue weighted by atomic mass is 10.1. The van der Waals surface area contributed by atoms with Crippen LogP contribution in [-0.4, -0.2) is 50.8 Å². The number of sulfonamides is 1. The Bertz CT molecular complexity index is 963. The molecule has 2 aromatic rings. The molecule has 3 heterocycles. The van der Waals surface area contributed by atoms with Crippen LogP contribution in [0.2, 0.25) is 0 Å². The number of amides is 1. The maximum atomic E-state index is 13.0. The van der Waals surface area contributed by atoms with Crippen LogP contribution >= 0.6 is 0 Å². The van der Waals surface area contributed by atoms with Gasteiger partial charge in [0.2, 0.25) is 10.0 Å². The van der Waals surface area contributed by atoms with Crippen molar-refractivity contribution in [3.8, 4) is 0 Å². The average molecular weight is 389 g/mol. The van der Waals surface area contributed by atoms with E-state index >= 15 is 0 Å². The Morgan fingerprint density at radius 2 is 2.19 bits per heavy atom. The molecule has 144 valence electrons. The number of benzene rings is 1. The Hall–Kier alpha value is -2.23. The molecule has 1 unspecified atom stereocenters. The summed E-state index contributed by atoms with van der Waals surface area (Å²) in [6, 6.07) is 6.92. The Morgan fingerprint density at radius 1 is 1.33 bits per heavy atom. The van der Waals surface area contributed by atoms with E-state index in [4.69, 9.17) is 0 Å². The summed E-state index contributed by atoms with van der Waals surface area (Å²) in [4.78, 5) is 14.8. The summed E-state index contributed by atoms with van der Waals surface area (Å²) in [5.74, 6) is -0.199. The van der Waals surface area contributed by atoms with E-state index in [0.29, 0.717) is 24.3 Å². The van der Waals surface area contributed by atoms with Crippen molar-refractivity contribution >= 4 is 21.6 Å². The quantitative estimate of drug-likeness (QED) is 0.811. The Labute approximate surface area is 158 Å². The molecular formula is C18H23N5O3S. The molecule has 1 aromatic carbocycles. The first kappa shape index (κ1) is 18.1. The molecule has 0 saturated carbocycles. The molecule has 1 fully saturated rings. The van der Waals surface area contributed by atoms with Gasteiger partial charge in [0.05, 0.1) is 10.9 Å². The maximum Gasteiger partial charge on any atom is 0.278 e. The molecule has 1 aromatic heterocycles. The number of carbonyl (C=O) groups excluding carboxylic acids is 1. The van der Waals surface area contributed by atoms with E-state index in [1.165, 1.54) is 7.05 Å². The lowest BCUT2D eigenvalue weighted by molar-refractivity contribution is 0.0983. The van der Waals surface area contributed by atoms with Gasteiger partial charge in [0.1, 0.15) is 0 Å². The molecule has 0 spiro atoms. The number of hydrogen-bond acceptors (Lipinski definition) is 5. The third-order valence-electron chi connectivity index (χ3n) is 5.25. The van der Waals surface area contributed by atoms with E-state index in [2.05, 4.69) is 15.1 Å². The highest BCUT2D eigenvalue weighted by Gasteiger charge is 2.29. The minimum Gasteiger partial charge on any atom is -0.315 e. The van der Waals surface area contributed by atoms with Gasteiger partial charge in [-0.25, -0.2) is 13.1 Å². The van der Waals surface area contributed by atoms with Gasteiger partial charge in [-0.3, -0.25) is 9.48 Å². The van der Waals surface area contributed by atoms with Gasteiger partial charge in [0.25, 0.3) is 5.91 Å². The molecule has 27 heavy (non-hydrogen) atoms. The predicted octanol–water partition coefficient (Wildman–Crippen LogP) is 0.919. The smallest absolute Gasteiger partial charge is 0.278 e. The molecule has 4 rings (SSSR count). The summed E-state index contributed by atoms with van der Waals surface area (Å²) < 4.78 is 28.3. The van der Waals surface area contributed by atoms with Gasteiger partial charge in [-0.05, 0) is 56.6 Å². The molecule has 1 atom stereocenters.